The number of pyridine rings is 1. The Bertz CT molecular complexity index is 438. The Labute approximate surface area is 114 Å². The Kier molecular flexibility index (Phi) is 5.06. The first-order valence-corrected chi connectivity index (χ1v) is 6.54. The minimum atomic E-state index is -0.0328. The molecule has 2 heterocycles. The third kappa shape index (κ3) is 4.46. The number of nitrogens with zero attached hydrogens (tertiary/aromatic N) is 3. The van der Waals surface area contributed by atoms with Gasteiger partial charge in [-0.3, -0.25) is 15.3 Å². The molecular weight excluding hydrogens is 238 g/mol. The predicted octanol–water partition coefficient (Wildman–Crippen LogP) is 0.921. The van der Waals surface area contributed by atoms with E-state index in [0.717, 1.165) is 30.8 Å². The second-order valence-electron chi connectivity index (χ2n) is 4.77. The first-order valence-electron chi connectivity index (χ1n) is 6.54. The van der Waals surface area contributed by atoms with Crippen LogP contribution in [0.2, 0.25) is 0 Å². The van der Waals surface area contributed by atoms with Gasteiger partial charge in [0.05, 0.1) is 5.69 Å². The smallest absolute Gasteiger partial charge is 0.173 e. The van der Waals surface area contributed by atoms with Gasteiger partial charge in [0.1, 0.15) is 0 Å². The molecule has 1 atom stereocenters. The SMILES string of the molecule is CN(C)CCCNC1N=CC(c2ccccn2)=CN1. The van der Waals surface area contributed by atoms with Crippen molar-refractivity contribution in [3.63, 3.8) is 0 Å². The van der Waals surface area contributed by atoms with Gasteiger partial charge in [0, 0.05) is 24.2 Å². The summed E-state index contributed by atoms with van der Waals surface area (Å²) in [6.07, 6.45) is 6.68. The third-order valence-corrected chi connectivity index (χ3v) is 2.84. The van der Waals surface area contributed by atoms with Crippen LogP contribution < -0.4 is 10.6 Å². The molecule has 1 unspecified atom stereocenters. The van der Waals surface area contributed by atoms with Crippen molar-refractivity contribution in [1.82, 2.24) is 20.5 Å². The van der Waals surface area contributed by atoms with Crippen LogP contribution in [0.4, 0.5) is 0 Å². The molecule has 5 nitrogen and oxygen atoms in total. The van der Waals surface area contributed by atoms with Crippen molar-refractivity contribution < 1.29 is 0 Å². The normalized spacial score (nSPS) is 18.3. The molecule has 0 bridgehead atoms. The van der Waals surface area contributed by atoms with Gasteiger partial charge in [-0.2, -0.15) is 0 Å². The van der Waals surface area contributed by atoms with Crippen molar-refractivity contribution in [2.75, 3.05) is 27.2 Å². The molecule has 1 aromatic rings. The molecule has 0 aliphatic carbocycles. The molecule has 1 aliphatic rings. The van der Waals surface area contributed by atoms with E-state index in [4.69, 9.17) is 0 Å². The molecule has 1 aromatic heterocycles. The first-order chi connectivity index (χ1) is 9.25. The van der Waals surface area contributed by atoms with E-state index in [1.807, 2.05) is 30.6 Å². The molecule has 0 saturated heterocycles. The zero-order valence-corrected chi connectivity index (χ0v) is 11.5. The largest absolute Gasteiger partial charge is 0.357 e. The van der Waals surface area contributed by atoms with Crippen LogP contribution in [0.3, 0.4) is 0 Å². The quantitative estimate of drug-likeness (QED) is 0.746. The highest BCUT2D eigenvalue weighted by atomic mass is 15.2. The molecule has 2 N–H and O–H groups in total. The maximum atomic E-state index is 4.43. The molecule has 0 amide bonds. The molecule has 0 radical (unpaired) electrons. The molecular formula is C14H21N5. The minimum Gasteiger partial charge on any atom is -0.357 e. The van der Waals surface area contributed by atoms with Gasteiger partial charge in [0.15, 0.2) is 6.29 Å². The summed E-state index contributed by atoms with van der Waals surface area (Å²) in [5.74, 6) is 0. The zero-order chi connectivity index (χ0) is 13.5. The van der Waals surface area contributed by atoms with E-state index in [9.17, 15) is 0 Å². The van der Waals surface area contributed by atoms with Gasteiger partial charge in [-0.15, -0.1) is 0 Å². The topological polar surface area (TPSA) is 52.5 Å². The van der Waals surface area contributed by atoms with Crippen LogP contribution in [0.1, 0.15) is 12.1 Å². The number of allylic oxidation sites excluding steroid dienone is 1. The Morgan fingerprint density at radius 3 is 2.89 bits per heavy atom. The van der Waals surface area contributed by atoms with Gasteiger partial charge in [0.2, 0.25) is 0 Å². The lowest BCUT2D eigenvalue weighted by molar-refractivity contribution is 0.382. The summed E-state index contributed by atoms with van der Waals surface area (Å²) in [7, 11) is 4.16. The summed E-state index contributed by atoms with van der Waals surface area (Å²) in [6.45, 7) is 2.03. The van der Waals surface area contributed by atoms with Crippen LogP contribution in [0, 0.1) is 0 Å². The summed E-state index contributed by atoms with van der Waals surface area (Å²) in [5, 5.41) is 6.58. The zero-order valence-electron chi connectivity index (χ0n) is 11.5. The monoisotopic (exact) mass is 259 g/mol. The van der Waals surface area contributed by atoms with Crippen molar-refractivity contribution in [1.29, 1.82) is 0 Å². The maximum absolute atomic E-state index is 4.43. The molecule has 102 valence electrons. The van der Waals surface area contributed by atoms with Crippen molar-refractivity contribution >= 4 is 11.8 Å². The molecule has 0 fully saturated rings. The number of aliphatic imine (C=N–C) groups is 1. The summed E-state index contributed by atoms with van der Waals surface area (Å²) in [4.78, 5) is 10.9. The predicted molar refractivity (Wildman–Crippen MR) is 78.8 cm³/mol. The Hall–Kier alpha value is -1.72. The van der Waals surface area contributed by atoms with Crippen LogP contribution in [0.5, 0.6) is 0 Å². The summed E-state index contributed by atoms with van der Waals surface area (Å²) < 4.78 is 0. The highest BCUT2D eigenvalue weighted by Crippen LogP contribution is 2.10. The van der Waals surface area contributed by atoms with Crippen LogP contribution in [0.15, 0.2) is 35.6 Å². The second kappa shape index (κ2) is 7.01. The van der Waals surface area contributed by atoms with E-state index in [1.165, 1.54) is 0 Å². The summed E-state index contributed by atoms with van der Waals surface area (Å²) in [6, 6.07) is 5.86. The molecule has 5 heteroatoms. The molecule has 0 aromatic carbocycles. The second-order valence-corrected chi connectivity index (χ2v) is 4.77. The average Bonchev–Trinajstić information content (AvgIpc) is 2.45. The minimum absolute atomic E-state index is 0.0328. The number of aromatic nitrogens is 1. The summed E-state index contributed by atoms with van der Waals surface area (Å²) >= 11 is 0. The highest BCUT2D eigenvalue weighted by molar-refractivity contribution is 6.09. The fourth-order valence-corrected chi connectivity index (χ4v) is 1.82. The third-order valence-electron chi connectivity index (χ3n) is 2.84. The number of hydrogen-bond acceptors (Lipinski definition) is 5. The van der Waals surface area contributed by atoms with E-state index < -0.39 is 0 Å². The Morgan fingerprint density at radius 1 is 1.37 bits per heavy atom. The average molecular weight is 259 g/mol. The Morgan fingerprint density at radius 2 is 2.26 bits per heavy atom. The Balaban J connectivity index is 1.76. The van der Waals surface area contributed by atoms with Crippen LogP contribution >= 0.6 is 0 Å². The van der Waals surface area contributed by atoms with Crippen LogP contribution in [-0.4, -0.2) is 49.6 Å². The van der Waals surface area contributed by atoms with E-state index in [-0.39, 0.29) is 6.29 Å². The molecule has 0 saturated carbocycles. The van der Waals surface area contributed by atoms with Gasteiger partial charge >= 0.3 is 0 Å². The lowest BCUT2D eigenvalue weighted by Gasteiger charge is -2.19. The fourth-order valence-electron chi connectivity index (χ4n) is 1.82. The maximum Gasteiger partial charge on any atom is 0.173 e. The van der Waals surface area contributed by atoms with Gasteiger partial charge in [-0.1, -0.05) is 6.07 Å². The van der Waals surface area contributed by atoms with E-state index in [1.54, 1.807) is 6.20 Å². The number of nitrogens with one attached hydrogen (secondary N) is 2. The van der Waals surface area contributed by atoms with Crippen molar-refractivity contribution in [2.45, 2.75) is 12.7 Å². The molecule has 0 spiro atoms. The van der Waals surface area contributed by atoms with Gasteiger partial charge in [0.25, 0.3) is 0 Å². The molecule has 19 heavy (non-hydrogen) atoms. The van der Waals surface area contributed by atoms with Crippen molar-refractivity contribution in [3.8, 4) is 0 Å². The van der Waals surface area contributed by atoms with Crippen molar-refractivity contribution in [3.05, 3.63) is 36.3 Å². The van der Waals surface area contributed by atoms with Gasteiger partial charge in [-0.05, 0) is 45.7 Å². The first kappa shape index (κ1) is 13.7. The number of hydrogen-bond donors (Lipinski definition) is 2. The lowest BCUT2D eigenvalue weighted by Crippen LogP contribution is -2.40. The van der Waals surface area contributed by atoms with E-state index in [0.29, 0.717) is 0 Å². The number of rotatable bonds is 6. The fraction of sp³-hybridized carbons (Fsp3) is 0.429. The van der Waals surface area contributed by atoms with Crippen LogP contribution in [-0.2, 0) is 0 Å². The summed E-state index contributed by atoms with van der Waals surface area (Å²) in [5.41, 5.74) is 1.94. The standard InChI is InChI=1S/C14H21N5/c1-19(2)9-5-8-16-14-17-10-12(11-18-14)13-6-3-4-7-15-13/h3-4,6-7,10-11,14,16-17H,5,8-9H2,1-2H3. The molecule has 1 aliphatic heterocycles. The molecule has 2 rings (SSSR count). The highest BCUT2D eigenvalue weighted by Gasteiger charge is 2.09. The van der Waals surface area contributed by atoms with E-state index in [2.05, 4.69) is 39.6 Å². The van der Waals surface area contributed by atoms with Crippen LogP contribution in [0.25, 0.3) is 5.57 Å². The lowest BCUT2D eigenvalue weighted by atomic mass is 10.2. The van der Waals surface area contributed by atoms with Gasteiger partial charge < -0.3 is 10.2 Å². The van der Waals surface area contributed by atoms with Crippen molar-refractivity contribution in [2.24, 2.45) is 4.99 Å². The van der Waals surface area contributed by atoms with E-state index >= 15 is 0 Å². The van der Waals surface area contributed by atoms with Gasteiger partial charge in [-0.25, -0.2) is 0 Å².